The van der Waals surface area contributed by atoms with Crippen molar-refractivity contribution < 1.29 is 8.83 Å². The van der Waals surface area contributed by atoms with E-state index in [9.17, 15) is 0 Å². The molecule has 0 bridgehead atoms. The fourth-order valence-electron chi connectivity index (χ4n) is 13.4. The minimum absolute atomic E-state index is 0.209. The molecule has 0 saturated heterocycles. The first kappa shape index (κ1) is 40.4. The van der Waals surface area contributed by atoms with Gasteiger partial charge < -0.3 is 13.7 Å². The third kappa shape index (κ3) is 5.18. The summed E-state index contributed by atoms with van der Waals surface area (Å²) in [5, 5.41) is 4.76. The van der Waals surface area contributed by atoms with E-state index in [0.717, 1.165) is 44.7 Å². The van der Waals surface area contributed by atoms with Gasteiger partial charge in [-0.3, -0.25) is 0 Å². The summed E-state index contributed by atoms with van der Waals surface area (Å²) >= 11 is 0. The Balaban J connectivity index is 0.994. The molecule has 0 spiro atoms. The van der Waals surface area contributed by atoms with Crippen LogP contribution in [-0.4, -0.2) is 0 Å². The molecular weight excluding hydrogens is 839 g/mol. The van der Waals surface area contributed by atoms with Crippen LogP contribution >= 0.6 is 0 Å². The van der Waals surface area contributed by atoms with Crippen molar-refractivity contribution in [3.8, 4) is 44.5 Å². The number of benzene rings is 9. The van der Waals surface area contributed by atoms with Gasteiger partial charge in [0.2, 0.25) is 0 Å². The van der Waals surface area contributed by atoms with Gasteiger partial charge in [0.1, 0.15) is 22.3 Å². The Labute approximate surface area is 403 Å². The van der Waals surface area contributed by atoms with Gasteiger partial charge >= 0.3 is 0 Å². The molecule has 334 valence electrons. The van der Waals surface area contributed by atoms with E-state index >= 15 is 0 Å². The lowest BCUT2D eigenvalue weighted by Crippen LogP contribution is -2.24. The Bertz CT molecular complexity index is 4090. The van der Waals surface area contributed by atoms with Gasteiger partial charge in [0.25, 0.3) is 0 Å². The van der Waals surface area contributed by atoms with Crippen LogP contribution in [-0.2, 0) is 16.2 Å². The largest absolute Gasteiger partial charge is 0.455 e. The number of anilines is 3. The molecule has 2 heterocycles. The molecule has 0 atom stereocenters. The van der Waals surface area contributed by atoms with Gasteiger partial charge in [-0.2, -0.15) is 0 Å². The highest BCUT2D eigenvalue weighted by Crippen LogP contribution is 2.64. The quantitative estimate of drug-likeness (QED) is 0.176. The molecule has 0 radical (unpaired) electrons. The summed E-state index contributed by atoms with van der Waals surface area (Å²) in [5.41, 5.74) is 28.3. The Kier molecular flexibility index (Phi) is 7.94. The van der Waals surface area contributed by atoms with Crippen molar-refractivity contribution in [2.75, 3.05) is 4.90 Å². The number of aryl methyl sites for hydroxylation is 3. The second-order valence-corrected chi connectivity index (χ2v) is 21.8. The van der Waals surface area contributed by atoms with E-state index in [1.165, 1.54) is 111 Å². The van der Waals surface area contributed by atoms with E-state index in [1.54, 1.807) is 0 Å². The van der Waals surface area contributed by atoms with Crippen LogP contribution in [0.5, 0.6) is 0 Å². The number of furan rings is 2. The molecule has 3 aliphatic rings. The standard InChI is InChI=1S/C66H53NO2/c1-36-26-31-52(38(3)32-36)67(39-27-29-43-49(33-39)64(4,5)51-35-47(41-19-11-10-18-37(41)2)62-57(55(43)51)45-21-13-16-24-53(45)68-62)40-28-30-44-50(34-40)66(8,9)61-59(44)63-58(46-22-14-17-25-54(46)69-63)56-42-20-12-15-23-48(42)65(6,7)60(56)61/h10-35H,1-9H3. The van der Waals surface area contributed by atoms with Crippen LogP contribution in [0, 0.1) is 20.8 Å². The molecule has 3 aliphatic carbocycles. The molecule has 0 N–H and O–H groups in total. The second-order valence-electron chi connectivity index (χ2n) is 21.8. The number of rotatable bonds is 4. The molecule has 9 aromatic carbocycles. The zero-order chi connectivity index (χ0) is 47.0. The SMILES string of the molecule is Cc1ccc(N(c2ccc3c(c2)C(C)(C)c2cc(-c4ccccc4C)c4oc5ccccc5c4c2-3)c2ccc3c(c2)C(C)(C)c2c4c(c5c(oc6ccccc65)c2-3)-c2ccccc2C4(C)C)c(C)c1. The van der Waals surface area contributed by atoms with Crippen molar-refractivity contribution in [3.63, 3.8) is 0 Å². The molecule has 0 saturated carbocycles. The van der Waals surface area contributed by atoms with Crippen LogP contribution in [0.25, 0.3) is 88.4 Å². The minimum atomic E-state index is -0.333. The van der Waals surface area contributed by atoms with Crippen LogP contribution < -0.4 is 4.90 Å². The summed E-state index contributed by atoms with van der Waals surface area (Å²) in [6.07, 6.45) is 0. The maximum absolute atomic E-state index is 7.05. The normalized spacial score (nSPS) is 15.4. The summed E-state index contributed by atoms with van der Waals surface area (Å²) in [6.45, 7) is 21.2. The second kappa shape index (κ2) is 13.5. The summed E-state index contributed by atoms with van der Waals surface area (Å²) < 4.78 is 13.9. The molecule has 11 aromatic rings. The lowest BCUT2D eigenvalue weighted by atomic mass is 9.72. The van der Waals surface area contributed by atoms with Gasteiger partial charge in [-0.05, 0) is 147 Å². The van der Waals surface area contributed by atoms with Crippen LogP contribution in [0.3, 0.4) is 0 Å². The first-order chi connectivity index (χ1) is 33.2. The van der Waals surface area contributed by atoms with Crippen molar-refractivity contribution in [2.24, 2.45) is 0 Å². The Hall–Kier alpha value is -7.62. The third-order valence-corrected chi connectivity index (χ3v) is 16.7. The molecule has 0 unspecified atom stereocenters. The molecule has 69 heavy (non-hydrogen) atoms. The third-order valence-electron chi connectivity index (χ3n) is 16.7. The van der Waals surface area contributed by atoms with Crippen LogP contribution in [0.1, 0.15) is 91.6 Å². The average molecular weight is 892 g/mol. The number of hydrogen-bond acceptors (Lipinski definition) is 3. The molecule has 0 fully saturated rings. The minimum Gasteiger partial charge on any atom is -0.455 e. The maximum Gasteiger partial charge on any atom is 0.144 e. The van der Waals surface area contributed by atoms with Crippen molar-refractivity contribution in [1.29, 1.82) is 0 Å². The molecule has 3 nitrogen and oxygen atoms in total. The smallest absolute Gasteiger partial charge is 0.144 e. The zero-order valence-electron chi connectivity index (χ0n) is 40.8. The van der Waals surface area contributed by atoms with E-state index in [4.69, 9.17) is 8.83 Å². The van der Waals surface area contributed by atoms with E-state index in [2.05, 4.69) is 225 Å². The summed E-state index contributed by atoms with van der Waals surface area (Å²) in [6, 6.07) is 58.7. The highest BCUT2D eigenvalue weighted by molar-refractivity contribution is 6.21. The van der Waals surface area contributed by atoms with Gasteiger partial charge in [0.05, 0.1) is 0 Å². The molecular formula is C66H53NO2. The maximum atomic E-state index is 7.05. The molecule has 0 amide bonds. The predicted molar refractivity (Wildman–Crippen MR) is 288 cm³/mol. The zero-order valence-corrected chi connectivity index (χ0v) is 40.8. The Morgan fingerprint density at radius 3 is 1.59 bits per heavy atom. The highest BCUT2D eigenvalue weighted by Gasteiger charge is 2.49. The van der Waals surface area contributed by atoms with E-state index < -0.39 is 0 Å². The first-order valence-electron chi connectivity index (χ1n) is 24.6. The summed E-state index contributed by atoms with van der Waals surface area (Å²) in [7, 11) is 0. The summed E-state index contributed by atoms with van der Waals surface area (Å²) in [4.78, 5) is 2.51. The van der Waals surface area contributed by atoms with Crippen molar-refractivity contribution in [2.45, 2.75) is 78.6 Å². The van der Waals surface area contributed by atoms with Crippen molar-refractivity contribution in [3.05, 3.63) is 208 Å². The van der Waals surface area contributed by atoms with E-state index in [-0.39, 0.29) is 16.2 Å². The average Bonchev–Trinajstić information content (AvgIpc) is 4.09. The predicted octanol–water partition coefficient (Wildman–Crippen LogP) is 18.5. The fraction of sp³-hybridized carbons (Fsp3) is 0.182. The van der Waals surface area contributed by atoms with Gasteiger partial charge in [-0.15, -0.1) is 0 Å². The van der Waals surface area contributed by atoms with E-state index in [0.29, 0.717) is 0 Å². The van der Waals surface area contributed by atoms with Crippen LogP contribution in [0.4, 0.5) is 17.1 Å². The van der Waals surface area contributed by atoms with Gasteiger partial charge in [0, 0.05) is 66.0 Å². The lowest BCUT2D eigenvalue weighted by Gasteiger charge is -2.32. The molecule has 0 aliphatic heterocycles. The number of hydrogen-bond donors (Lipinski definition) is 0. The fourth-order valence-corrected chi connectivity index (χ4v) is 13.4. The van der Waals surface area contributed by atoms with Crippen LogP contribution in [0.2, 0.25) is 0 Å². The molecule has 3 heteroatoms. The Morgan fingerprint density at radius 1 is 0.377 bits per heavy atom. The number of para-hydroxylation sites is 2. The van der Waals surface area contributed by atoms with E-state index in [1.807, 2.05) is 0 Å². The van der Waals surface area contributed by atoms with Gasteiger partial charge in [-0.1, -0.05) is 156 Å². The highest BCUT2D eigenvalue weighted by atomic mass is 16.3. The van der Waals surface area contributed by atoms with Crippen LogP contribution in [0.15, 0.2) is 167 Å². The Morgan fingerprint density at radius 2 is 0.913 bits per heavy atom. The first-order valence-corrected chi connectivity index (χ1v) is 24.6. The van der Waals surface area contributed by atoms with Crippen molar-refractivity contribution in [1.82, 2.24) is 0 Å². The topological polar surface area (TPSA) is 29.5 Å². The molecule has 14 rings (SSSR count). The summed E-state index contributed by atoms with van der Waals surface area (Å²) in [5.74, 6) is 0. The van der Waals surface area contributed by atoms with Gasteiger partial charge in [0.15, 0.2) is 0 Å². The monoisotopic (exact) mass is 891 g/mol. The van der Waals surface area contributed by atoms with Crippen molar-refractivity contribution >= 4 is 60.9 Å². The lowest BCUT2D eigenvalue weighted by molar-refractivity contribution is 0.600. The van der Waals surface area contributed by atoms with Gasteiger partial charge in [-0.25, -0.2) is 0 Å². The molecule has 2 aromatic heterocycles. The number of fused-ring (bicyclic) bond motifs is 19. The number of nitrogens with zero attached hydrogens (tertiary/aromatic N) is 1.